The predicted octanol–water partition coefficient (Wildman–Crippen LogP) is 2.40. The third-order valence-electron chi connectivity index (χ3n) is 4.47. The molecule has 1 aliphatic rings. The van der Waals surface area contributed by atoms with Crippen molar-refractivity contribution in [2.75, 3.05) is 30.4 Å². The molecular weight excluding hydrogens is 320 g/mol. The average Bonchev–Trinajstić information content (AvgIpc) is 2.67. The van der Waals surface area contributed by atoms with Crippen molar-refractivity contribution in [3.63, 3.8) is 0 Å². The standard InChI is InChI=1S/C18H22N4O3/c1-25-15-5-3-2-4-14(15)11-19-16-10-17(21-12-20-16)22-8-6-13(7-9-22)18(23)24/h2-5,10,12-13H,6-9,11H2,1H3,(H,23,24)(H,19,20,21). The van der Waals surface area contributed by atoms with Crippen LogP contribution in [0.3, 0.4) is 0 Å². The molecule has 0 aliphatic carbocycles. The molecule has 25 heavy (non-hydrogen) atoms. The number of piperidine rings is 1. The van der Waals surface area contributed by atoms with Gasteiger partial charge in [-0.3, -0.25) is 4.79 Å². The molecule has 0 bridgehead atoms. The van der Waals surface area contributed by atoms with Crippen molar-refractivity contribution in [3.8, 4) is 5.75 Å². The van der Waals surface area contributed by atoms with Gasteiger partial charge in [-0.05, 0) is 18.9 Å². The maximum absolute atomic E-state index is 11.1. The monoisotopic (exact) mass is 342 g/mol. The molecule has 7 nitrogen and oxygen atoms in total. The Bertz CT molecular complexity index is 730. The number of para-hydroxylation sites is 1. The van der Waals surface area contributed by atoms with Crippen LogP contribution in [-0.2, 0) is 11.3 Å². The van der Waals surface area contributed by atoms with Crippen LogP contribution in [0.2, 0.25) is 0 Å². The molecular formula is C18H22N4O3. The van der Waals surface area contributed by atoms with Crippen molar-refractivity contribution in [2.45, 2.75) is 19.4 Å². The predicted molar refractivity (Wildman–Crippen MR) is 94.9 cm³/mol. The zero-order chi connectivity index (χ0) is 17.6. The lowest BCUT2D eigenvalue weighted by molar-refractivity contribution is -0.142. The van der Waals surface area contributed by atoms with E-state index in [1.54, 1.807) is 7.11 Å². The summed E-state index contributed by atoms with van der Waals surface area (Å²) in [6, 6.07) is 9.74. The van der Waals surface area contributed by atoms with Crippen molar-refractivity contribution in [3.05, 3.63) is 42.2 Å². The number of benzene rings is 1. The molecule has 2 aromatic rings. The van der Waals surface area contributed by atoms with Gasteiger partial charge in [0, 0.05) is 31.3 Å². The highest BCUT2D eigenvalue weighted by molar-refractivity contribution is 5.70. The van der Waals surface area contributed by atoms with Crippen LogP contribution in [-0.4, -0.2) is 41.2 Å². The van der Waals surface area contributed by atoms with Gasteiger partial charge in [-0.1, -0.05) is 18.2 Å². The Morgan fingerprint density at radius 2 is 2.08 bits per heavy atom. The number of carboxylic acid groups (broad SMARTS) is 1. The first-order chi connectivity index (χ1) is 12.2. The number of hydrogen-bond acceptors (Lipinski definition) is 6. The minimum atomic E-state index is -0.707. The van der Waals surface area contributed by atoms with E-state index in [4.69, 9.17) is 9.84 Å². The Hall–Kier alpha value is -2.83. The van der Waals surface area contributed by atoms with Gasteiger partial charge in [0.2, 0.25) is 0 Å². The van der Waals surface area contributed by atoms with E-state index in [0.29, 0.717) is 32.5 Å². The molecule has 0 amide bonds. The number of anilines is 2. The number of aromatic nitrogens is 2. The molecule has 7 heteroatoms. The zero-order valence-corrected chi connectivity index (χ0v) is 14.2. The second-order valence-electron chi connectivity index (χ2n) is 6.03. The summed E-state index contributed by atoms with van der Waals surface area (Å²) in [7, 11) is 1.66. The number of aliphatic carboxylic acids is 1. The molecule has 2 heterocycles. The van der Waals surface area contributed by atoms with Crippen molar-refractivity contribution in [1.82, 2.24) is 9.97 Å². The van der Waals surface area contributed by atoms with Crippen LogP contribution >= 0.6 is 0 Å². The molecule has 132 valence electrons. The van der Waals surface area contributed by atoms with E-state index in [1.807, 2.05) is 30.3 Å². The van der Waals surface area contributed by atoms with Crippen LogP contribution in [0, 0.1) is 5.92 Å². The topological polar surface area (TPSA) is 87.6 Å². The first kappa shape index (κ1) is 17.0. The number of carbonyl (C=O) groups is 1. The Balaban J connectivity index is 1.63. The van der Waals surface area contributed by atoms with Crippen LogP contribution in [0.25, 0.3) is 0 Å². The Morgan fingerprint density at radius 1 is 1.32 bits per heavy atom. The molecule has 0 unspecified atom stereocenters. The van der Waals surface area contributed by atoms with Gasteiger partial charge in [-0.15, -0.1) is 0 Å². The highest BCUT2D eigenvalue weighted by Gasteiger charge is 2.25. The van der Waals surface area contributed by atoms with E-state index in [1.165, 1.54) is 6.33 Å². The Kier molecular flexibility index (Phi) is 5.33. The fraction of sp³-hybridized carbons (Fsp3) is 0.389. The van der Waals surface area contributed by atoms with E-state index < -0.39 is 5.97 Å². The van der Waals surface area contributed by atoms with Crippen molar-refractivity contribution >= 4 is 17.6 Å². The van der Waals surface area contributed by atoms with Gasteiger partial charge >= 0.3 is 5.97 Å². The summed E-state index contributed by atoms with van der Waals surface area (Å²) >= 11 is 0. The maximum atomic E-state index is 11.1. The third kappa shape index (κ3) is 4.17. The molecule has 2 N–H and O–H groups in total. The van der Waals surface area contributed by atoms with E-state index in [9.17, 15) is 4.79 Å². The van der Waals surface area contributed by atoms with Gasteiger partial charge in [0.25, 0.3) is 0 Å². The van der Waals surface area contributed by atoms with Gasteiger partial charge in [0.15, 0.2) is 0 Å². The largest absolute Gasteiger partial charge is 0.496 e. The van der Waals surface area contributed by atoms with E-state index >= 15 is 0 Å². The minimum absolute atomic E-state index is 0.249. The normalized spacial score (nSPS) is 15.0. The van der Waals surface area contributed by atoms with Crippen LogP contribution < -0.4 is 15.0 Å². The lowest BCUT2D eigenvalue weighted by Gasteiger charge is -2.31. The fourth-order valence-corrected chi connectivity index (χ4v) is 3.01. The minimum Gasteiger partial charge on any atom is -0.496 e. The molecule has 1 aromatic carbocycles. The quantitative estimate of drug-likeness (QED) is 0.833. The van der Waals surface area contributed by atoms with Gasteiger partial charge in [0.1, 0.15) is 23.7 Å². The molecule has 0 spiro atoms. The molecule has 1 fully saturated rings. The summed E-state index contributed by atoms with van der Waals surface area (Å²) in [5.74, 6) is 1.43. The Labute approximate surface area is 146 Å². The number of rotatable bonds is 6. The first-order valence-electron chi connectivity index (χ1n) is 8.33. The molecule has 0 atom stereocenters. The zero-order valence-electron chi connectivity index (χ0n) is 14.2. The van der Waals surface area contributed by atoms with Crippen molar-refractivity contribution in [1.29, 1.82) is 0 Å². The third-order valence-corrected chi connectivity index (χ3v) is 4.47. The number of carboxylic acids is 1. The summed E-state index contributed by atoms with van der Waals surface area (Å²) in [5.41, 5.74) is 1.05. The van der Waals surface area contributed by atoms with Crippen molar-refractivity contribution in [2.24, 2.45) is 5.92 Å². The summed E-state index contributed by atoms with van der Waals surface area (Å²) < 4.78 is 5.35. The highest BCUT2D eigenvalue weighted by atomic mass is 16.5. The lowest BCUT2D eigenvalue weighted by Crippen LogP contribution is -2.36. The van der Waals surface area contributed by atoms with E-state index in [-0.39, 0.29) is 5.92 Å². The number of hydrogen-bond donors (Lipinski definition) is 2. The average molecular weight is 342 g/mol. The Morgan fingerprint density at radius 3 is 2.80 bits per heavy atom. The summed E-state index contributed by atoms with van der Waals surface area (Å²) in [6.45, 7) is 1.99. The maximum Gasteiger partial charge on any atom is 0.306 e. The molecule has 1 saturated heterocycles. The molecule has 3 rings (SSSR count). The van der Waals surface area contributed by atoms with Gasteiger partial charge in [-0.2, -0.15) is 0 Å². The smallest absolute Gasteiger partial charge is 0.306 e. The number of ether oxygens (including phenoxy) is 1. The SMILES string of the molecule is COc1ccccc1CNc1cc(N2CCC(C(=O)O)CC2)ncn1. The number of methoxy groups -OCH3 is 1. The van der Waals surface area contributed by atoms with Crippen LogP contribution in [0.1, 0.15) is 18.4 Å². The van der Waals surface area contributed by atoms with E-state index in [2.05, 4.69) is 20.2 Å². The molecule has 0 radical (unpaired) electrons. The highest BCUT2D eigenvalue weighted by Crippen LogP contribution is 2.24. The van der Waals surface area contributed by atoms with Gasteiger partial charge < -0.3 is 20.1 Å². The fourth-order valence-electron chi connectivity index (χ4n) is 3.01. The van der Waals surface area contributed by atoms with Crippen LogP contribution in [0.5, 0.6) is 5.75 Å². The van der Waals surface area contributed by atoms with Gasteiger partial charge in [-0.25, -0.2) is 9.97 Å². The van der Waals surface area contributed by atoms with Crippen molar-refractivity contribution < 1.29 is 14.6 Å². The van der Waals surface area contributed by atoms with Crippen LogP contribution in [0.15, 0.2) is 36.7 Å². The lowest BCUT2D eigenvalue weighted by atomic mass is 9.97. The first-order valence-corrected chi connectivity index (χ1v) is 8.33. The summed E-state index contributed by atoms with van der Waals surface area (Å²) in [5, 5.41) is 12.4. The summed E-state index contributed by atoms with van der Waals surface area (Å²) in [4.78, 5) is 21.8. The van der Waals surface area contributed by atoms with Gasteiger partial charge in [0.05, 0.1) is 13.0 Å². The molecule has 1 aliphatic heterocycles. The molecule has 1 aromatic heterocycles. The second kappa shape index (κ2) is 7.83. The number of nitrogens with one attached hydrogen (secondary N) is 1. The second-order valence-corrected chi connectivity index (χ2v) is 6.03. The van der Waals surface area contributed by atoms with Crippen LogP contribution in [0.4, 0.5) is 11.6 Å². The summed E-state index contributed by atoms with van der Waals surface area (Å²) in [6.07, 6.45) is 2.82. The number of nitrogens with zero attached hydrogens (tertiary/aromatic N) is 3. The molecule has 0 saturated carbocycles. The van der Waals surface area contributed by atoms with E-state index in [0.717, 1.165) is 22.9 Å².